The molecule has 94 valence electrons. The standard InChI is InChI=1S/C15H28O/c1-3-13-4-6-14(7-5-13)15(16)10-8-12(2)9-11-15/h12-14,16H,3-11H2,1-2H3. The van der Waals surface area contributed by atoms with E-state index in [-0.39, 0.29) is 5.60 Å². The summed E-state index contributed by atoms with van der Waals surface area (Å²) in [5.41, 5.74) is -0.286. The SMILES string of the molecule is CCC1CCC(C2(O)CCC(C)CC2)CC1. The Kier molecular flexibility index (Phi) is 3.94. The highest BCUT2D eigenvalue weighted by Gasteiger charge is 2.40. The van der Waals surface area contributed by atoms with Crippen LogP contribution in [0.3, 0.4) is 0 Å². The van der Waals surface area contributed by atoms with Gasteiger partial charge in [-0.05, 0) is 56.3 Å². The lowest BCUT2D eigenvalue weighted by Crippen LogP contribution is -2.42. The van der Waals surface area contributed by atoms with Gasteiger partial charge in [-0.25, -0.2) is 0 Å². The third-order valence-corrected chi connectivity index (χ3v) is 5.32. The quantitative estimate of drug-likeness (QED) is 0.747. The van der Waals surface area contributed by atoms with Crippen molar-refractivity contribution in [1.29, 1.82) is 0 Å². The smallest absolute Gasteiger partial charge is 0.0676 e. The zero-order valence-electron chi connectivity index (χ0n) is 11.0. The molecular weight excluding hydrogens is 196 g/mol. The molecule has 16 heavy (non-hydrogen) atoms. The summed E-state index contributed by atoms with van der Waals surface area (Å²) >= 11 is 0. The molecule has 2 fully saturated rings. The van der Waals surface area contributed by atoms with Crippen molar-refractivity contribution in [3.05, 3.63) is 0 Å². The molecule has 0 heterocycles. The van der Waals surface area contributed by atoms with Crippen LogP contribution in [0.5, 0.6) is 0 Å². The second kappa shape index (κ2) is 5.08. The molecule has 1 heteroatoms. The minimum atomic E-state index is -0.286. The summed E-state index contributed by atoms with van der Waals surface area (Å²) in [5.74, 6) is 2.40. The predicted molar refractivity (Wildman–Crippen MR) is 68.3 cm³/mol. The van der Waals surface area contributed by atoms with Gasteiger partial charge in [0.2, 0.25) is 0 Å². The van der Waals surface area contributed by atoms with Crippen molar-refractivity contribution in [1.82, 2.24) is 0 Å². The molecule has 0 radical (unpaired) electrons. The van der Waals surface area contributed by atoms with Crippen LogP contribution < -0.4 is 0 Å². The molecule has 2 rings (SSSR count). The molecule has 0 amide bonds. The molecule has 0 aliphatic heterocycles. The molecule has 0 unspecified atom stereocenters. The number of hydrogen-bond acceptors (Lipinski definition) is 1. The van der Waals surface area contributed by atoms with Gasteiger partial charge in [-0.2, -0.15) is 0 Å². The van der Waals surface area contributed by atoms with Gasteiger partial charge in [0.05, 0.1) is 5.60 Å². The van der Waals surface area contributed by atoms with E-state index in [1.807, 2.05) is 0 Å². The third kappa shape index (κ3) is 2.61. The molecule has 1 N–H and O–H groups in total. The van der Waals surface area contributed by atoms with Crippen LogP contribution in [0.25, 0.3) is 0 Å². The predicted octanol–water partition coefficient (Wildman–Crippen LogP) is 4.14. The lowest BCUT2D eigenvalue weighted by atomic mass is 9.66. The maximum atomic E-state index is 10.8. The summed E-state index contributed by atoms with van der Waals surface area (Å²) in [7, 11) is 0. The molecule has 1 nitrogen and oxygen atoms in total. The Bertz CT molecular complexity index is 207. The van der Waals surface area contributed by atoms with E-state index in [1.165, 1.54) is 44.9 Å². The van der Waals surface area contributed by atoms with E-state index in [9.17, 15) is 5.11 Å². The van der Waals surface area contributed by atoms with Gasteiger partial charge < -0.3 is 5.11 Å². The van der Waals surface area contributed by atoms with Crippen LogP contribution in [0.1, 0.15) is 71.6 Å². The average Bonchev–Trinajstić information content (AvgIpc) is 2.33. The lowest BCUT2D eigenvalue weighted by Gasteiger charge is -2.44. The highest BCUT2D eigenvalue weighted by atomic mass is 16.3. The van der Waals surface area contributed by atoms with Crippen molar-refractivity contribution in [3.8, 4) is 0 Å². The molecule has 0 aromatic heterocycles. The van der Waals surface area contributed by atoms with E-state index in [1.54, 1.807) is 0 Å². The van der Waals surface area contributed by atoms with Crippen LogP contribution in [0.4, 0.5) is 0 Å². The molecule has 0 saturated heterocycles. The second-order valence-corrected chi connectivity index (χ2v) is 6.41. The molecule has 0 atom stereocenters. The maximum absolute atomic E-state index is 10.8. The summed E-state index contributed by atoms with van der Waals surface area (Å²) < 4.78 is 0. The Morgan fingerprint density at radius 1 is 1.00 bits per heavy atom. The van der Waals surface area contributed by atoms with E-state index >= 15 is 0 Å². The molecular formula is C15H28O. The summed E-state index contributed by atoms with van der Waals surface area (Å²) in [6.07, 6.45) is 11.2. The fourth-order valence-corrected chi connectivity index (χ4v) is 3.78. The minimum Gasteiger partial charge on any atom is -0.390 e. The Morgan fingerprint density at radius 3 is 2.06 bits per heavy atom. The average molecular weight is 224 g/mol. The van der Waals surface area contributed by atoms with Gasteiger partial charge in [0.25, 0.3) is 0 Å². The van der Waals surface area contributed by atoms with E-state index in [2.05, 4.69) is 13.8 Å². The van der Waals surface area contributed by atoms with E-state index < -0.39 is 0 Å². The van der Waals surface area contributed by atoms with Crippen molar-refractivity contribution < 1.29 is 5.11 Å². The van der Waals surface area contributed by atoms with E-state index in [4.69, 9.17) is 0 Å². The topological polar surface area (TPSA) is 20.2 Å². The zero-order valence-corrected chi connectivity index (χ0v) is 11.0. The molecule has 0 spiro atoms. The van der Waals surface area contributed by atoms with Crippen LogP contribution in [0.15, 0.2) is 0 Å². The first-order valence-electron chi connectivity index (χ1n) is 7.36. The van der Waals surface area contributed by atoms with Gasteiger partial charge >= 0.3 is 0 Å². The van der Waals surface area contributed by atoms with Crippen molar-refractivity contribution in [2.24, 2.45) is 17.8 Å². The Balaban J connectivity index is 1.88. The largest absolute Gasteiger partial charge is 0.390 e. The summed E-state index contributed by atoms with van der Waals surface area (Å²) in [6.45, 7) is 4.63. The van der Waals surface area contributed by atoms with Gasteiger partial charge in [0.1, 0.15) is 0 Å². The van der Waals surface area contributed by atoms with Gasteiger partial charge in [0.15, 0.2) is 0 Å². The molecule has 0 aromatic rings. The fraction of sp³-hybridized carbons (Fsp3) is 1.00. The Labute approximate surface area is 101 Å². The van der Waals surface area contributed by atoms with Crippen LogP contribution in [0, 0.1) is 17.8 Å². The summed E-state index contributed by atoms with van der Waals surface area (Å²) in [4.78, 5) is 0. The van der Waals surface area contributed by atoms with Crippen molar-refractivity contribution >= 4 is 0 Å². The van der Waals surface area contributed by atoms with E-state index in [0.29, 0.717) is 5.92 Å². The molecule has 0 aromatic carbocycles. The first kappa shape index (κ1) is 12.4. The lowest BCUT2D eigenvalue weighted by molar-refractivity contribution is -0.0730. The second-order valence-electron chi connectivity index (χ2n) is 6.41. The Morgan fingerprint density at radius 2 is 1.56 bits per heavy atom. The Hall–Kier alpha value is -0.0400. The summed E-state index contributed by atoms with van der Waals surface area (Å²) in [6, 6.07) is 0. The minimum absolute atomic E-state index is 0.286. The zero-order chi connectivity index (χ0) is 11.6. The molecule has 2 aliphatic carbocycles. The first-order chi connectivity index (χ1) is 7.64. The first-order valence-corrected chi connectivity index (χ1v) is 7.36. The van der Waals surface area contributed by atoms with Gasteiger partial charge in [-0.3, -0.25) is 0 Å². The van der Waals surface area contributed by atoms with Crippen LogP contribution >= 0.6 is 0 Å². The van der Waals surface area contributed by atoms with E-state index in [0.717, 1.165) is 24.7 Å². The summed E-state index contributed by atoms with van der Waals surface area (Å²) in [5, 5.41) is 10.8. The fourth-order valence-electron chi connectivity index (χ4n) is 3.78. The normalized spacial score (nSPS) is 45.6. The molecule has 2 saturated carbocycles. The van der Waals surface area contributed by atoms with Crippen LogP contribution in [-0.4, -0.2) is 10.7 Å². The van der Waals surface area contributed by atoms with Crippen molar-refractivity contribution in [2.45, 2.75) is 77.2 Å². The highest BCUT2D eigenvalue weighted by molar-refractivity contribution is 4.92. The number of hydrogen-bond donors (Lipinski definition) is 1. The highest BCUT2D eigenvalue weighted by Crippen LogP contribution is 2.44. The third-order valence-electron chi connectivity index (χ3n) is 5.32. The molecule has 0 bridgehead atoms. The van der Waals surface area contributed by atoms with Gasteiger partial charge in [0, 0.05) is 0 Å². The van der Waals surface area contributed by atoms with Crippen molar-refractivity contribution in [3.63, 3.8) is 0 Å². The van der Waals surface area contributed by atoms with Crippen LogP contribution in [-0.2, 0) is 0 Å². The number of rotatable bonds is 2. The van der Waals surface area contributed by atoms with Crippen molar-refractivity contribution in [2.75, 3.05) is 0 Å². The van der Waals surface area contributed by atoms with Gasteiger partial charge in [-0.1, -0.05) is 33.1 Å². The maximum Gasteiger partial charge on any atom is 0.0676 e. The number of aliphatic hydroxyl groups is 1. The van der Waals surface area contributed by atoms with Gasteiger partial charge in [-0.15, -0.1) is 0 Å². The van der Waals surface area contributed by atoms with Crippen LogP contribution in [0.2, 0.25) is 0 Å². The molecule has 2 aliphatic rings. The monoisotopic (exact) mass is 224 g/mol.